The maximum atomic E-state index is 13.1. The number of carbonyl (C=O) groups excluding carboxylic acids is 3. The number of rotatable bonds is 86. The first-order valence-corrected chi connectivity index (χ1v) is 49.4. The molecule has 0 saturated carbocycles. The Kier molecular flexibility index (Phi) is 86.8. The van der Waals surface area contributed by atoms with Gasteiger partial charge in [0.25, 0.3) is 0 Å². The van der Waals surface area contributed by atoms with Crippen LogP contribution in [0.5, 0.6) is 0 Å². The molecule has 0 heterocycles. The Labute approximate surface area is 724 Å². The summed E-state index contributed by atoms with van der Waals surface area (Å²) in [5.74, 6) is -1.60. The number of hydrogen-bond donors (Lipinski definition) is 4. The number of unbranched alkanes of at least 4 members (excludes halogenated alkanes) is 29. The summed E-state index contributed by atoms with van der Waals surface area (Å²) in [7, 11) is -9.83. The molecule has 16 nitrogen and oxygen atoms in total. The fourth-order valence-corrected chi connectivity index (χ4v) is 13.7. The van der Waals surface area contributed by atoms with Crippen molar-refractivity contribution in [1.29, 1.82) is 0 Å². The lowest BCUT2D eigenvalue weighted by atomic mass is 10.0. The molecule has 0 aliphatic rings. The van der Waals surface area contributed by atoms with Crippen molar-refractivity contribution in [2.75, 3.05) is 39.6 Å². The van der Waals surface area contributed by atoms with Crippen molar-refractivity contribution in [3.05, 3.63) is 207 Å². The van der Waals surface area contributed by atoms with Crippen LogP contribution < -0.4 is 0 Å². The Balaban J connectivity index is 4.63. The first kappa shape index (κ1) is 113. The molecule has 0 spiro atoms. The zero-order valence-electron chi connectivity index (χ0n) is 74.5. The summed E-state index contributed by atoms with van der Waals surface area (Å²) in [6.45, 7) is 2.33. The van der Waals surface area contributed by atoms with Gasteiger partial charge in [-0.15, -0.1) is 0 Å². The zero-order chi connectivity index (χ0) is 86.5. The third-order valence-corrected chi connectivity index (χ3v) is 20.9. The molecule has 0 aromatic heterocycles. The van der Waals surface area contributed by atoms with Gasteiger partial charge in [-0.25, -0.2) is 9.13 Å². The van der Waals surface area contributed by atoms with E-state index in [2.05, 4.69) is 227 Å². The molecule has 0 bridgehead atoms. The molecule has 18 heteroatoms. The van der Waals surface area contributed by atoms with Crippen molar-refractivity contribution in [3.63, 3.8) is 0 Å². The average molecular weight is 1700 g/mol. The summed E-state index contributed by atoms with van der Waals surface area (Å²) >= 11 is 0. The molecule has 0 saturated heterocycles. The third-order valence-electron chi connectivity index (χ3n) is 19.0. The van der Waals surface area contributed by atoms with Gasteiger partial charge in [0, 0.05) is 19.3 Å². The van der Waals surface area contributed by atoms with Gasteiger partial charge in [0.05, 0.1) is 26.4 Å². The Bertz CT molecular complexity index is 2990. The largest absolute Gasteiger partial charge is 0.472 e. The number of esters is 3. The van der Waals surface area contributed by atoms with Gasteiger partial charge in [-0.1, -0.05) is 375 Å². The molecule has 0 aromatic carbocycles. The summed E-state index contributed by atoms with van der Waals surface area (Å²) in [5.41, 5.74) is 0. The summed E-state index contributed by atoms with van der Waals surface area (Å²) in [4.78, 5) is 59.0. The van der Waals surface area contributed by atoms with Crippen LogP contribution in [0.2, 0.25) is 0 Å². The minimum absolute atomic E-state index is 0.0755. The topological polar surface area (TPSA) is 231 Å². The summed E-state index contributed by atoms with van der Waals surface area (Å²) in [5, 5.41) is 20.7. The molecule has 5 unspecified atom stereocenters. The van der Waals surface area contributed by atoms with Gasteiger partial charge >= 0.3 is 33.6 Å². The predicted octanol–water partition coefficient (Wildman–Crippen LogP) is 28.8. The number of hydrogen-bond acceptors (Lipinski definition) is 14. The van der Waals surface area contributed by atoms with Crippen LogP contribution in [-0.2, 0) is 55.8 Å². The van der Waals surface area contributed by atoms with E-state index in [1.807, 2.05) is 0 Å². The van der Waals surface area contributed by atoms with Crippen molar-refractivity contribution in [3.8, 4) is 0 Å². The van der Waals surface area contributed by atoms with Crippen LogP contribution in [0.25, 0.3) is 0 Å². The van der Waals surface area contributed by atoms with E-state index >= 15 is 0 Å². The van der Waals surface area contributed by atoms with E-state index in [9.17, 15) is 43.5 Å². The standard InChI is InChI=1S/C101H166O16P2/c1-4-7-10-13-16-19-22-25-28-31-34-37-39-41-43-45-47-49-51-53-55-58-60-63-66-69-72-75-78-81-84-87-99(104)111-90-96(102)91-113-118(107,108)114-92-97(103)93-115-119(109,110)116-95-98(117-101(106)89-86-83-80-77-74-71-68-65-62-57-36-33-30-27-24-21-18-15-12-9-6-3)94-112-100(105)88-85-82-79-76-73-70-67-64-61-59-56-54-52-50-48-46-44-42-40-38-35-32-29-26-23-20-17-14-11-8-5-2/h7-12,16-21,25-30,34-38,41-44,47-50,57,65,68,96-98,102-103H,4-6,13-15,22-24,31-33,39-40,45-46,51-56,58-64,66-67,69-95H2,1-3H3,(H,107,108)(H,109,110)/b10-7-,11-8-,12-9-,19-16-,20-17-,21-18-,28-25-,29-26-,30-27-,37-34-,38-35-,43-41-,44-42-,49-47-,50-48-,57-36-,68-65-. The Morgan fingerprint density at radius 3 is 0.664 bits per heavy atom. The molecule has 5 atom stereocenters. The fourth-order valence-electron chi connectivity index (χ4n) is 12.1. The number of ether oxygens (including phenoxy) is 3. The SMILES string of the molecule is CC/C=C\C/C=C\C/C=C\C/C=C\C/C=C\C/C=C\CCCCCCCCCCCCCCC(=O)OCC(O)COP(=O)(O)OCC(O)COP(=O)(O)OCC(COC(=O)CCCCCCCCCCCCCC/C=C\C/C=C\C/C=C\C/C=C\C/C=C\C/C=C\CC)OC(=O)CCCCCCC/C=C\C/C=C\C/C=C\C/C=C\C/C=C\CC. The van der Waals surface area contributed by atoms with Crippen molar-refractivity contribution >= 4 is 33.6 Å². The number of phosphoric acid groups is 2. The van der Waals surface area contributed by atoms with Gasteiger partial charge < -0.3 is 34.2 Å². The molecule has 4 N–H and O–H groups in total. The highest BCUT2D eigenvalue weighted by molar-refractivity contribution is 7.47. The van der Waals surface area contributed by atoms with Crippen LogP contribution >= 0.6 is 15.6 Å². The van der Waals surface area contributed by atoms with Crippen molar-refractivity contribution < 1.29 is 75.8 Å². The van der Waals surface area contributed by atoms with E-state index < -0.39 is 91.5 Å². The molecule has 0 fully saturated rings. The number of aliphatic hydroxyl groups is 2. The lowest BCUT2D eigenvalue weighted by Gasteiger charge is -2.21. The minimum atomic E-state index is -4.95. The summed E-state index contributed by atoms with van der Waals surface area (Å²) < 4.78 is 61.5. The van der Waals surface area contributed by atoms with Gasteiger partial charge in [-0.2, -0.15) is 0 Å². The Morgan fingerprint density at radius 2 is 0.420 bits per heavy atom. The molecular weight excluding hydrogens is 1530 g/mol. The molecular formula is C101H166O16P2. The van der Waals surface area contributed by atoms with E-state index in [-0.39, 0.29) is 19.3 Å². The van der Waals surface area contributed by atoms with Crippen LogP contribution in [0.1, 0.15) is 355 Å². The quantitative estimate of drug-likeness (QED) is 0.0146. The van der Waals surface area contributed by atoms with Crippen LogP contribution in [0.15, 0.2) is 207 Å². The average Bonchev–Trinajstić information content (AvgIpc) is 0.905. The molecule has 0 aliphatic carbocycles. The second kappa shape index (κ2) is 91.3. The Hall–Kier alpha value is -5.87. The van der Waals surface area contributed by atoms with Gasteiger partial charge in [-0.05, 0) is 167 Å². The number of allylic oxidation sites excluding steroid dienone is 34. The highest BCUT2D eigenvalue weighted by Crippen LogP contribution is 2.45. The predicted molar refractivity (Wildman–Crippen MR) is 500 cm³/mol. The van der Waals surface area contributed by atoms with Crippen molar-refractivity contribution in [2.24, 2.45) is 0 Å². The third kappa shape index (κ3) is 92.7. The second-order valence-corrected chi connectivity index (χ2v) is 33.2. The normalized spacial score (nSPS) is 14.7. The summed E-state index contributed by atoms with van der Waals surface area (Å²) in [6, 6.07) is 0. The Morgan fingerprint density at radius 1 is 0.235 bits per heavy atom. The van der Waals surface area contributed by atoms with Gasteiger partial charge in [-0.3, -0.25) is 32.5 Å². The molecule has 0 rings (SSSR count). The fraction of sp³-hybridized carbons (Fsp3) is 0.634. The molecule has 119 heavy (non-hydrogen) atoms. The number of aliphatic hydroxyl groups excluding tert-OH is 2. The monoisotopic (exact) mass is 1700 g/mol. The van der Waals surface area contributed by atoms with Gasteiger partial charge in [0.1, 0.15) is 25.4 Å². The molecule has 0 amide bonds. The highest BCUT2D eigenvalue weighted by Gasteiger charge is 2.29. The van der Waals surface area contributed by atoms with Crippen LogP contribution in [-0.4, -0.2) is 95.9 Å². The first-order valence-electron chi connectivity index (χ1n) is 46.4. The number of phosphoric ester groups is 2. The van der Waals surface area contributed by atoms with E-state index in [4.69, 9.17) is 32.3 Å². The van der Waals surface area contributed by atoms with E-state index in [1.54, 1.807) is 0 Å². The van der Waals surface area contributed by atoms with Gasteiger partial charge in [0.2, 0.25) is 0 Å². The molecule has 676 valence electrons. The van der Waals surface area contributed by atoms with Gasteiger partial charge in [0.15, 0.2) is 6.10 Å². The van der Waals surface area contributed by atoms with Crippen LogP contribution in [0.3, 0.4) is 0 Å². The first-order chi connectivity index (χ1) is 58.2. The maximum absolute atomic E-state index is 13.1. The molecule has 0 aromatic rings. The van der Waals surface area contributed by atoms with Crippen molar-refractivity contribution in [2.45, 2.75) is 373 Å². The molecule has 0 aliphatic heterocycles. The van der Waals surface area contributed by atoms with Crippen LogP contribution in [0.4, 0.5) is 0 Å². The van der Waals surface area contributed by atoms with E-state index in [0.29, 0.717) is 19.3 Å². The lowest BCUT2D eigenvalue weighted by Crippen LogP contribution is -2.30. The maximum Gasteiger partial charge on any atom is 0.472 e. The number of carbonyl (C=O) groups is 3. The minimum Gasteiger partial charge on any atom is -0.463 e. The van der Waals surface area contributed by atoms with Crippen LogP contribution in [0, 0.1) is 0 Å². The lowest BCUT2D eigenvalue weighted by molar-refractivity contribution is -0.161. The smallest absolute Gasteiger partial charge is 0.463 e. The van der Waals surface area contributed by atoms with Crippen molar-refractivity contribution in [1.82, 2.24) is 0 Å². The highest BCUT2D eigenvalue weighted by atomic mass is 31.2. The molecule has 0 radical (unpaired) electrons. The second-order valence-electron chi connectivity index (χ2n) is 30.3. The summed E-state index contributed by atoms with van der Waals surface area (Å²) in [6.07, 6.45) is 123. The van der Waals surface area contributed by atoms with E-state index in [0.717, 1.165) is 199 Å². The van der Waals surface area contributed by atoms with E-state index in [1.165, 1.54) is 96.3 Å². The zero-order valence-corrected chi connectivity index (χ0v) is 76.2.